The summed E-state index contributed by atoms with van der Waals surface area (Å²) >= 11 is 0. The van der Waals surface area contributed by atoms with E-state index in [4.69, 9.17) is 8.83 Å². The van der Waals surface area contributed by atoms with Gasteiger partial charge in [-0.3, -0.25) is 0 Å². The number of nitrogens with zero attached hydrogens (tertiary/aromatic N) is 2. The molecule has 12 aromatic rings. The molecule has 73 heavy (non-hydrogen) atoms. The van der Waals surface area contributed by atoms with E-state index in [2.05, 4.69) is 251 Å². The highest BCUT2D eigenvalue weighted by Crippen LogP contribution is 2.54. The monoisotopic (exact) mass is 955 g/mol. The Labute approximate surface area is 430 Å². The molecule has 0 fully saturated rings. The zero-order chi connectivity index (χ0) is 51.0. The van der Waals surface area contributed by atoms with E-state index >= 15 is 0 Å². The first-order valence-corrected chi connectivity index (χ1v) is 26.3. The topological polar surface area (TPSA) is 32.8 Å². The lowest BCUT2D eigenvalue weighted by Gasteiger charge is -2.33. The number of anilines is 6. The maximum atomic E-state index is 7.28. The fourth-order valence-corrected chi connectivity index (χ4v) is 12.1. The summed E-state index contributed by atoms with van der Waals surface area (Å²) in [6, 6.07) is 56.7. The van der Waals surface area contributed by atoms with Crippen LogP contribution in [0, 0.1) is 20.8 Å². The molecule has 12 rings (SSSR count). The minimum atomic E-state index is -0.104. The zero-order valence-electron chi connectivity index (χ0n) is 44.8. The molecule has 2 heterocycles. The smallest absolute Gasteiger partial charge is 0.159 e. The summed E-state index contributed by atoms with van der Waals surface area (Å²) in [7, 11) is 0. The fraction of sp³-hybridized carbons (Fsp3) is 0.246. The van der Waals surface area contributed by atoms with Gasteiger partial charge >= 0.3 is 0 Å². The first-order valence-electron chi connectivity index (χ1n) is 26.3. The van der Waals surface area contributed by atoms with Gasteiger partial charge < -0.3 is 18.6 Å². The Balaban J connectivity index is 1.22. The molecule has 4 heteroatoms. The van der Waals surface area contributed by atoms with Crippen LogP contribution in [0.2, 0.25) is 0 Å². The minimum absolute atomic E-state index is 0.100. The lowest BCUT2D eigenvalue weighted by atomic mass is 9.84. The summed E-state index contributed by atoms with van der Waals surface area (Å²) in [4.78, 5) is 5.03. The summed E-state index contributed by atoms with van der Waals surface area (Å²) in [5.41, 5.74) is 18.7. The molecule has 2 aromatic heterocycles. The van der Waals surface area contributed by atoms with Crippen molar-refractivity contribution in [1.82, 2.24) is 0 Å². The lowest BCUT2D eigenvalue weighted by molar-refractivity contribution is 0.572. The highest BCUT2D eigenvalue weighted by Gasteiger charge is 2.31. The Bertz CT molecular complexity index is 4170. The van der Waals surface area contributed by atoms with Crippen LogP contribution in [0.5, 0.6) is 0 Å². The summed E-state index contributed by atoms with van der Waals surface area (Å²) in [5, 5.41) is 12.1. The molecule has 0 aliphatic carbocycles. The number of para-hydroxylation sites is 5. The Hall–Kier alpha value is -7.56. The van der Waals surface area contributed by atoms with Crippen molar-refractivity contribution in [2.75, 3.05) is 9.80 Å². The SMILES string of the molecule is Cc1ccccc1N(c1cc(C(C)C)c2ccc3c(N(c4ccccc4C)c4c(C)ccc5c4oc4c(C(C)(C)C)cccc45)cc(C(C)C)c4ccc1c2c43)c1cccc2c1oc1c(C(C)(C)C)cccc12. The van der Waals surface area contributed by atoms with E-state index in [1.54, 1.807) is 0 Å². The third kappa shape index (κ3) is 7.15. The molecular formula is C69H66N2O2. The molecule has 4 nitrogen and oxygen atoms in total. The van der Waals surface area contributed by atoms with Gasteiger partial charge in [-0.1, -0.05) is 191 Å². The summed E-state index contributed by atoms with van der Waals surface area (Å²) < 4.78 is 14.5. The molecule has 0 bridgehead atoms. The molecule has 0 radical (unpaired) electrons. The standard InChI is InChI=1S/C69H66N2O2/c1-39(2)52-37-59(70(56-28-16-14-21-41(56)5)58-30-20-25-48-46-23-18-26-54(68(8,9)10)64(46)72-66(48)58)50-35-33-45-53(40(3)4)38-60(51-36-34-44(52)61(50)62(45)51)71(57-29-17-15-22-42(57)6)63-43(7)31-32-49-47-24-19-27-55(69(11,12)13)65(47)73-67(49)63/h14-40H,1-13H3. The van der Waals surface area contributed by atoms with Crippen LogP contribution >= 0.6 is 0 Å². The first kappa shape index (κ1) is 46.5. The Morgan fingerprint density at radius 1 is 0.342 bits per heavy atom. The van der Waals surface area contributed by atoms with Gasteiger partial charge in [0.2, 0.25) is 0 Å². The minimum Gasteiger partial charge on any atom is -0.454 e. The normalized spacial score (nSPS) is 12.7. The molecule has 0 amide bonds. The molecule has 0 saturated heterocycles. The fourth-order valence-electron chi connectivity index (χ4n) is 12.1. The highest BCUT2D eigenvalue weighted by atomic mass is 16.3. The van der Waals surface area contributed by atoms with Crippen molar-refractivity contribution < 1.29 is 8.83 Å². The van der Waals surface area contributed by atoms with Gasteiger partial charge in [-0.2, -0.15) is 0 Å². The molecule has 0 spiro atoms. The van der Waals surface area contributed by atoms with E-state index in [-0.39, 0.29) is 22.7 Å². The second-order valence-corrected chi connectivity index (χ2v) is 23.4. The van der Waals surface area contributed by atoms with Crippen LogP contribution in [0.25, 0.3) is 76.2 Å². The number of fused-ring (bicyclic) bond motifs is 6. The summed E-state index contributed by atoms with van der Waals surface area (Å²) in [6.07, 6.45) is 0. The van der Waals surface area contributed by atoms with Gasteiger partial charge in [-0.05, 0) is 123 Å². The van der Waals surface area contributed by atoms with Gasteiger partial charge in [0.1, 0.15) is 11.2 Å². The van der Waals surface area contributed by atoms with Crippen LogP contribution in [0.15, 0.2) is 160 Å². The largest absolute Gasteiger partial charge is 0.454 e. The van der Waals surface area contributed by atoms with Crippen molar-refractivity contribution in [1.29, 1.82) is 0 Å². The van der Waals surface area contributed by atoms with Crippen LogP contribution < -0.4 is 9.80 Å². The van der Waals surface area contributed by atoms with Crippen molar-refractivity contribution in [3.05, 3.63) is 191 Å². The average Bonchev–Trinajstić information content (AvgIpc) is 3.94. The number of aryl methyl sites for hydroxylation is 3. The molecule has 0 atom stereocenters. The van der Waals surface area contributed by atoms with E-state index in [0.29, 0.717) is 0 Å². The van der Waals surface area contributed by atoms with E-state index in [0.717, 1.165) is 83.6 Å². The third-order valence-corrected chi connectivity index (χ3v) is 15.8. The van der Waals surface area contributed by atoms with Crippen LogP contribution in [0.3, 0.4) is 0 Å². The van der Waals surface area contributed by atoms with E-state index in [1.807, 2.05) is 0 Å². The Kier molecular flexibility index (Phi) is 10.7. The van der Waals surface area contributed by atoms with Crippen LogP contribution in [0.1, 0.15) is 120 Å². The Morgan fingerprint density at radius 3 is 1.23 bits per heavy atom. The summed E-state index contributed by atoms with van der Waals surface area (Å²) in [6.45, 7) is 29.7. The van der Waals surface area contributed by atoms with Gasteiger partial charge in [-0.15, -0.1) is 0 Å². The van der Waals surface area contributed by atoms with Crippen LogP contribution in [0.4, 0.5) is 34.1 Å². The zero-order valence-corrected chi connectivity index (χ0v) is 44.8. The van der Waals surface area contributed by atoms with Crippen molar-refractivity contribution in [3.63, 3.8) is 0 Å². The number of hydrogen-bond acceptors (Lipinski definition) is 4. The Morgan fingerprint density at radius 2 is 0.740 bits per heavy atom. The van der Waals surface area contributed by atoms with Crippen molar-refractivity contribution in [2.24, 2.45) is 0 Å². The van der Waals surface area contributed by atoms with Crippen molar-refractivity contribution in [2.45, 2.75) is 113 Å². The third-order valence-electron chi connectivity index (χ3n) is 15.8. The molecule has 0 aliphatic rings. The van der Waals surface area contributed by atoms with E-state index in [9.17, 15) is 0 Å². The first-order chi connectivity index (χ1) is 34.9. The van der Waals surface area contributed by atoms with E-state index < -0.39 is 0 Å². The molecule has 0 saturated carbocycles. The number of rotatable bonds is 8. The molecule has 10 aromatic carbocycles. The molecule has 364 valence electrons. The van der Waals surface area contributed by atoms with Crippen LogP contribution in [-0.2, 0) is 10.8 Å². The molecule has 0 unspecified atom stereocenters. The maximum Gasteiger partial charge on any atom is 0.159 e. The number of hydrogen-bond donors (Lipinski definition) is 0. The second-order valence-electron chi connectivity index (χ2n) is 23.4. The van der Waals surface area contributed by atoms with E-state index in [1.165, 1.54) is 65.7 Å². The molecule has 0 aliphatic heterocycles. The lowest BCUT2D eigenvalue weighted by Crippen LogP contribution is -2.15. The average molecular weight is 955 g/mol. The predicted molar refractivity (Wildman–Crippen MR) is 314 cm³/mol. The van der Waals surface area contributed by atoms with Gasteiger partial charge in [0.15, 0.2) is 11.2 Å². The van der Waals surface area contributed by atoms with Crippen LogP contribution in [-0.4, -0.2) is 0 Å². The van der Waals surface area contributed by atoms with Gasteiger partial charge in [0.25, 0.3) is 0 Å². The van der Waals surface area contributed by atoms with Gasteiger partial charge in [0.05, 0.1) is 22.7 Å². The highest BCUT2D eigenvalue weighted by molar-refractivity contribution is 6.30. The number of furan rings is 2. The molecular weight excluding hydrogens is 889 g/mol. The van der Waals surface area contributed by atoms with Crippen molar-refractivity contribution in [3.8, 4) is 0 Å². The second kappa shape index (κ2) is 16.7. The molecule has 0 N–H and O–H groups in total. The predicted octanol–water partition coefficient (Wildman–Crippen LogP) is 21.1. The maximum absolute atomic E-state index is 7.28. The summed E-state index contributed by atoms with van der Waals surface area (Å²) in [5.74, 6) is 0.466. The van der Waals surface area contributed by atoms with Gasteiger partial charge in [-0.25, -0.2) is 0 Å². The number of benzene rings is 10. The quantitative estimate of drug-likeness (QED) is 0.142. The van der Waals surface area contributed by atoms with Gasteiger partial charge in [0, 0.05) is 54.8 Å². The van der Waals surface area contributed by atoms with Crippen molar-refractivity contribution >= 4 is 110 Å².